The van der Waals surface area contributed by atoms with Gasteiger partial charge in [0.05, 0.1) is 0 Å². The molecule has 0 heterocycles. The zero-order chi connectivity index (χ0) is 19.1. The van der Waals surface area contributed by atoms with Crippen molar-refractivity contribution in [2.75, 3.05) is 0 Å². The van der Waals surface area contributed by atoms with Crippen molar-refractivity contribution in [3.05, 3.63) is 0 Å². The van der Waals surface area contributed by atoms with Crippen LogP contribution in [0.4, 0.5) is 0 Å². The molecule has 10 heteroatoms. The normalized spacial score (nSPS) is 13.9. The molecule has 0 N–H and O–H groups in total. The predicted octanol–water partition coefficient (Wildman–Crippen LogP) is 5.83. The van der Waals surface area contributed by atoms with Crippen LogP contribution in [0.25, 0.3) is 0 Å². The van der Waals surface area contributed by atoms with Gasteiger partial charge in [0, 0.05) is 0 Å². The first-order chi connectivity index (χ1) is 10.9. The molecule has 0 rings (SSSR count). The van der Waals surface area contributed by atoms with Gasteiger partial charge in [0.2, 0.25) is 0 Å². The molecule has 0 aromatic carbocycles. The number of hydrogen-bond acceptors (Lipinski definition) is 6. The molecule has 0 unspecified atom stereocenters. The van der Waals surface area contributed by atoms with E-state index in [1.807, 2.05) is 0 Å². The molecule has 0 bridgehead atoms. The Bertz CT molecular complexity index is 393. The Morgan fingerprint density at radius 2 is 0.958 bits per heavy atom. The molecule has 0 aliphatic carbocycles. The summed E-state index contributed by atoms with van der Waals surface area (Å²) in [6.45, 7) is 14.2. The van der Waals surface area contributed by atoms with E-state index in [-0.39, 0.29) is 24.4 Å². The second-order valence-electron chi connectivity index (χ2n) is 6.51. The second kappa shape index (κ2) is 11.4. The molecular weight excluding hydrogens is 525 g/mol. The van der Waals surface area contributed by atoms with Crippen LogP contribution in [-0.4, -0.2) is 48.7 Å². The summed E-state index contributed by atoms with van der Waals surface area (Å²) in [6.07, 6.45) is -1.32. The van der Waals surface area contributed by atoms with Gasteiger partial charge in [-0.25, -0.2) is 0 Å². The molecule has 24 heavy (non-hydrogen) atoms. The first-order valence-corrected chi connectivity index (χ1v) is 19.8. The van der Waals surface area contributed by atoms with Gasteiger partial charge >= 0.3 is 164 Å². The molecule has 6 nitrogen and oxygen atoms in total. The molecule has 0 aromatic rings. The second-order valence-corrected chi connectivity index (χ2v) is 16.9. The summed E-state index contributed by atoms with van der Waals surface area (Å²) >= 11 is 2.44. The fourth-order valence-electron chi connectivity index (χ4n) is 1.97. The molecule has 2 radical (unpaired) electrons. The van der Waals surface area contributed by atoms with E-state index in [0.717, 1.165) is 0 Å². The van der Waals surface area contributed by atoms with E-state index < -0.39 is 39.5 Å². The summed E-state index contributed by atoms with van der Waals surface area (Å²) in [5.74, 6) is 0. The average Bonchev–Trinajstić information content (AvgIpc) is 2.30. The molecule has 0 spiro atoms. The molecule has 0 aliphatic heterocycles. The van der Waals surface area contributed by atoms with Crippen LogP contribution in [0.15, 0.2) is 0 Å². The van der Waals surface area contributed by atoms with Crippen molar-refractivity contribution in [2.45, 2.75) is 89.6 Å². The zero-order valence-electron chi connectivity index (χ0n) is 15.8. The Labute approximate surface area is 163 Å². The number of hydrogen-bond donors (Lipinski definition) is 0. The third kappa shape index (κ3) is 8.98. The van der Waals surface area contributed by atoms with Gasteiger partial charge in [-0.1, -0.05) is 0 Å². The van der Waals surface area contributed by atoms with Gasteiger partial charge in [-0.3, -0.25) is 0 Å². The van der Waals surface area contributed by atoms with Crippen LogP contribution in [-0.2, 0) is 27.2 Å². The number of rotatable bonds is 12. The third-order valence-corrected chi connectivity index (χ3v) is 14.5. The Hall–Kier alpha value is 1.58. The fraction of sp³-hybridized carbons (Fsp3) is 1.00. The van der Waals surface area contributed by atoms with Gasteiger partial charge in [-0.15, -0.1) is 0 Å². The minimum atomic E-state index is -3.69. The Kier molecular flexibility index (Phi) is 12.2. The van der Waals surface area contributed by atoms with Gasteiger partial charge < -0.3 is 0 Å². The third-order valence-electron chi connectivity index (χ3n) is 2.42. The molecule has 0 saturated carbocycles. The Morgan fingerprint density at radius 1 is 0.708 bits per heavy atom. The van der Waals surface area contributed by atoms with Crippen molar-refractivity contribution >= 4 is 46.8 Å². The number of halogens is 1. The molecule has 0 amide bonds. The van der Waals surface area contributed by atoms with Crippen LogP contribution < -0.4 is 0 Å². The maximum atomic E-state index is 13.6. The van der Waals surface area contributed by atoms with Crippen LogP contribution in [0.5, 0.6) is 0 Å². The first kappa shape index (κ1) is 25.6. The van der Waals surface area contributed by atoms with Crippen LogP contribution in [0.1, 0.15) is 55.4 Å². The predicted molar refractivity (Wildman–Crippen MR) is 103 cm³/mol. The van der Waals surface area contributed by atoms with Crippen molar-refractivity contribution in [1.82, 2.24) is 0 Å². The SMILES string of the molecule is CC(C)OP(=O)(OC(C)C)C([CH2][Sn][Br])P(=O)(OC(C)C)OC(C)C. The summed E-state index contributed by atoms with van der Waals surface area (Å²) in [5, 5.41) is -0.912. The van der Waals surface area contributed by atoms with E-state index in [1.165, 1.54) is 0 Å². The Balaban J connectivity index is 6.02. The van der Waals surface area contributed by atoms with Crippen LogP contribution in [0.3, 0.4) is 0 Å². The molecule has 0 atom stereocenters. The fourth-order valence-corrected chi connectivity index (χ4v) is 18.4. The quantitative estimate of drug-likeness (QED) is 0.223. The Morgan fingerprint density at radius 3 is 1.12 bits per heavy atom. The monoisotopic (exact) mass is 556 g/mol. The molecule has 0 fully saturated rings. The van der Waals surface area contributed by atoms with Gasteiger partial charge in [-0.05, 0) is 0 Å². The van der Waals surface area contributed by atoms with E-state index >= 15 is 0 Å². The summed E-state index contributed by atoms with van der Waals surface area (Å²) in [6, 6.07) is 0. The average molecular weight is 556 g/mol. The van der Waals surface area contributed by atoms with Crippen molar-refractivity contribution in [3.8, 4) is 0 Å². The first-order valence-electron chi connectivity index (χ1n) is 8.12. The van der Waals surface area contributed by atoms with E-state index in [2.05, 4.69) is 12.7 Å². The maximum absolute atomic E-state index is 13.6. The summed E-state index contributed by atoms with van der Waals surface area (Å²) < 4.78 is 50.3. The van der Waals surface area contributed by atoms with Gasteiger partial charge in [-0.2, -0.15) is 0 Å². The topological polar surface area (TPSA) is 71.1 Å². The minimum absolute atomic E-state index is 0.329. The standard InChI is InChI=1S/C14H31O6P2.BrH.Sn/c1-10(2)17-21(15,18-11(3)4)14(9)22(16,19-12(5)6)20-13(7)8;;/h10-14H,9H2,1-8H3;1H;/q;;+1/p-1. The molecule has 0 aliphatic rings. The van der Waals surface area contributed by atoms with Crippen molar-refractivity contribution in [1.29, 1.82) is 0 Å². The van der Waals surface area contributed by atoms with Gasteiger partial charge in [0.1, 0.15) is 0 Å². The van der Waals surface area contributed by atoms with Crippen LogP contribution >= 0.6 is 27.9 Å². The van der Waals surface area contributed by atoms with Crippen LogP contribution in [0.2, 0.25) is 4.44 Å². The van der Waals surface area contributed by atoms with Crippen molar-refractivity contribution < 1.29 is 27.2 Å². The van der Waals surface area contributed by atoms with Crippen molar-refractivity contribution in [3.63, 3.8) is 0 Å². The van der Waals surface area contributed by atoms with E-state index in [1.54, 1.807) is 55.4 Å². The zero-order valence-corrected chi connectivity index (χ0v) is 22.0. The molecule has 144 valence electrons. The van der Waals surface area contributed by atoms with E-state index in [0.29, 0.717) is 4.44 Å². The van der Waals surface area contributed by atoms with E-state index in [9.17, 15) is 9.13 Å². The van der Waals surface area contributed by atoms with E-state index in [4.69, 9.17) is 18.1 Å². The van der Waals surface area contributed by atoms with Crippen LogP contribution in [0, 0.1) is 0 Å². The molecule has 0 saturated heterocycles. The summed E-state index contributed by atoms with van der Waals surface area (Å²) in [4.78, 5) is 0. The van der Waals surface area contributed by atoms with Gasteiger partial charge in [0.15, 0.2) is 0 Å². The summed E-state index contributed by atoms with van der Waals surface area (Å²) in [7, 11) is -7.39. The van der Waals surface area contributed by atoms with Gasteiger partial charge in [0.25, 0.3) is 0 Å². The molecular formula is C14H31BrO6P2Sn. The summed E-state index contributed by atoms with van der Waals surface area (Å²) in [5.41, 5.74) is 0. The van der Waals surface area contributed by atoms with Crippen molar-refractivity contribution in [2.24, 2.45) is 0 Å². The molecule has 0 aromatic heterocycles.